The molecule has 0 aromatic heterocycles. The van der Waals surface area contributed by atoms with E-state index in [0.29, 0.717) is 5.92 Å². The Labute approximate surface area is 137 Å². The van der Waals surface area contributed by atoms with E-state index in [1.54, 1.807) is 0 Å². The predicted octanol–water partition coefficient (Wildman–Crippen LogP) is 3.67. The molecule has 3 nitrogen and oxygen atoms in total. The second-order valence-electron chi connectivity index (χ2n) is 6.37. The highest BCUT2D eigenvalue weighted by Gasteiger charge is 2.31. The molecule has 1 N–H and O–H groups in total. The molecule has 0 bridgehead atoms. The maximum atomic E-state index is 6.51. The molecule has 0 radical (unpaired) electrons. The van der Waals surface area contributed by atoms with Crippen molar-refractivity contribution in [2.45, 2.75) is 31.0 Å². The van der Waals surface area contributed by atoms with E-state index in [9.17, 15) is 0 Å². The van der Waals surface area contributed by atoms with E-state index in [0.717, 1.165) is 25.4 Å². The van der Waals surface area contributed by atoms with E-state index in [1.165, 1.54) is 24.0 Å². The molecular weight excluding hydrogens is 286 g/mol. The molecule has 1 saturated heterocycles. The van der Waals surface area contributed by atoms with Crippen LogP contribution in [-0.4, -0.2) is 25.8 Å². The van der Waals surface area contributed by atoms with Gasteiger partial charge in [0, 0.05) is 13.1 Å². The summed E-state index contributed by atoms with van der Waals surface area (Å²) >= 11 is 0. The first kappa shape index (κ1) is 14.7. The Morgan fingerprint density at radius 1 is 1.00 bits per heavy atom. The zero-order valence-electron chi connectivity index (χ0n) is 13.3. The third-order valence-corrected chi connectivity index (χ3v) is 4.61. The van der Waals surface area contributed by atoms with Crippen LogP contribution in [0.15, 0.2) is 54.6 Å². The highest BCUT2D eigenvalue weighted by molar-refractivity contribution is 5.39. The first-order valence-electron chi connectivity index (χ1n) is 8.54. The van der Waals surface area contributed by atoms with E-state index >= 15 is 0 Å². The number of morpholine rings is 1. The first-order chi connectivity index (χ1) is 11.4. The minimum absolute atomic E-state index is 0.0402. The van der Waals surface area contributed by atoms with Gasteiger partial charge >= 0.3 is 0 Å². The average molecular weight is 309 g/mol. The molecule has 2 aromatic carbocycles. The van der Waals surface area contributed by atoms with Crippen LogP contribution >= 0.6 is 0 Å². The summed E-state index contributed by atoms with van der Waals surface area (Å²) in [4.78, 5) is 0. The summed E-state index contributed by atoms with van der Waals surface area (Å²) in [6.45, 7) is 2.48. The zero-order chi connectivity index (χ0) is 15.5. The average Bonchev–Trinajstić information content (AvgIpc) is 3.46. The van der Waals surface area contributed by atoms with Gasteiger partial charge in [-0.3, -0.25) is 0 Å². The Balaban J connectivity index is 1.63. The van der Waals surface area contributed by atoms with E-state index in [1.807, 2.05) is 6.07 Å². The van der Waals surface area contributed by atoms with Crippen LogP contribution in [0.25, 0.3) is 0 Å². The van der Waals surface area contributed by atoms with Crippen molar-refractivity contribution < 1.29 is 9.47 Å². The van der Waals surface area contributed by atoms with Crippen LogP contribution in [0.5, 0.6) is 5.75 Å². The lowest BCUT2D eigenvalue weighted by Gasteiger charge is -2.32. The molecular formula is C20H23NO2. The van der Waals surface area contributed by atoms with Gasteiger partial charge in [-0.2, -0.15) is 0 Å². The Morgan fingerprint density at radius 2 is 1.78 bits per heavy atom. The van der Waals surface area contributed by atoms with Gasteiger partial charge in [-0.1, -0.05) is 48.5 Å². The molecule has 2 aromatic rings. The topological polar surface area (TPSA) is 30.5 Å². The molecule has 1 saturated carbocycles. The molecule has 2 atom stereocenters. The largest absolute Gasteiger partial charge is 0.483 e. The number of rotatable bonds is 5. The summed E-state index contributed by atoms with van der Waals surface area (Å²) in [5.74, 6) is 1.69. The van der Waals surface area contributed by atoms with Gasteiger partial charge in [0.1, 0.15) is 11.9 Å². The molecule has 2 fully saturated rings. The van der Waals surface area contributed by atoms with Crippen LogP contribution in [0, 0.1) is 0 Å². The predicted molar refractivity (Wildman–Crippen MR) is 90.8 cm³/mol. The number of hydrogen-bond donors (Lipinski definition) is 1. The number of nitrogens with one attached hydrogen (secondary N) is 1. The number of para-hydroxylation sites is 1. The fraction of sp³-hybridized carbons (Fsp3) is 0.400. The Morgan fingerprint density at radius 3 is 2.52 bits per heavy atom. The van der Waals surface area contributed by atoms with E-state index in [2.05, 4.69) is 53.8 Å². The molecule has 0 unspecified atom stereocenters. The van der Waals surface area contributed by atoms with E-state index in [4.69, 9.17) is 9.47 Å². The van der Waals surface area contributed by atoms with Crippen LogP contribution in [-0.2, 0) is 4.74 Å². The highest BCUT2D eigenvalue weighted by atomic mass is 16.5. The smallest absolute Gasteiger partial charge is 0.151 e. The molecule has 120 valence electrons. The van der Waals surface area contributed by atoms with Crippen molar-refractivity contribution >= 4 is 0 Å². The lowest BCUT2D eigenvalue weighted by atomic mass is 10.0. The van der Waals surface area contributed by atoms with Crippen molar-refractivity contribution in [3.8, 4) is 5.75 Å². The van der Waals surface area contributed by atoms with Gasteiger partial charge < -0.3 is 14.8 Å². The Hall–Kier alpha value is -1.84. The first-order valence-corrected chi connectivity index (χ1v) is 8.54. The number of benzene rings is 2. The van der Waals surface area contributed by atoms with Crippen LogP contribution in [0.4, 0.5) is 0 Å². The molecule has 2 aliphatic rings. The SMILES string of the molecule is c1ccc([C@H](Oc2ccccc2C2CC2)[C@@H]2CNCCO2)cc1. The highest BCUT2D eigenvalue weighted by Crippen LogP contribution is 2.45. The molecule has 3 heteroatoms. The van der Waals surface area contributed by atoms with Crippen LogP contribution in [0.1, 0.15) is 36.0 Å². The monoisotopic (exact) mass is 309 g/mol. The third kappa shape index (κ3) is 3.41. The van der Waals surface area contributed by atoms with Gasteiger partial charge in [0.2, 0.25) is 0 Å². The molecule has 1 aliphatic carbocycles. The van der Waals surface area contributed by atoms with Gasteiger partial charge in [-0.15, -0.1) is 0 Å². The summed E-state index contributed by atoms with van der Waals surface area (Å²) in [7, 11) is 0. The Kier molecular flexibility index (Phi) is 4.31. The maximum absolute atomic E-state index is 6.51. The van der Waals surface area contributed by atoms with Gasteiger partial charge in [0.15, 0.2) is 6.10 Å². The normalized spacial score (nSPS) is 22.5. The fourth-order valence-electron chi connectivity index (χ4n) is 3.24. The van der Waals surface area contributed by atoms with E-state index in [-0.39, 0.29) is 12.2 Å². The zero-order valence-corrected chi connectivity index (χ0v) is 13.3. The molecule has 0 amide bonds. The molecule has 1 heterocycles. The number of hydrogen-bond acceptors (Lipinski definition) is 3. The van der Waals surface area contributed by atoms with Crippen LogP contribution in [0.2, 0.25) is 0 Å². The Bertz CT molecular complexity index is 633. The minimum Gasteiger partial charge on any atom is -0.483 e. The quantitative estimate of drug-likeness (QED) is 0.914. The van der Waals surface area contributed by atoms with Crippen LogP contribution < -0.4 is 10.1 Å². The molecule has 0 spiro atoms. The van der Waals surface area contributed by atoms with Crippen molar-refractivity contribution in [3.05, 3.63) is 65.7 Å². The van der Waals surface area contributed by atoms with Gasteiger partial charge in [-0.25, -0.2) is 0 Å². The molecule has 23 heavy (non-hydrogen) atoms. The van der Waals surface area contributed by atoms with Crippen molar-refractivity contribution in [2.75, 3.05) is 19.7 Å². The standard InChI is InChI=1S/C20H23NO2/c1-2-6-16(7-3-1)20(19-14-21-12-13-22-19)23-18-9-5-4-8-17(18)15-10-11-15/h1-9,15,19-21H,10-14H2/t19-,20-/m0/s1. The summed E-state index contributed by atoms with van der Waals surface area (Å²) in [5.41, 5.74) is 2.52. The maximum Gasteiger partial charge on any atom is 0.151 e. The molecule has 1 aliphatic heterocycles. The van der Waals surface area contributed by atoms with Crippen molar-refractivity contribution in [1.29, 1.82) is 0 Å². The summed E-state index contributed by atoms with van der Waals surface area (Å²) in [6.07, 6.45) is 2.51. The third-order valence-electron chi connectivity index (χ3n) is 4.61. The minimum atomic E-state index is -0.0797. The second-order valence-corrected chi connectivity index (χ2v) is 6.37. The molecule has 4 rings (SSSR count). The fourth-order valence-corrected chi connectivity index (χ4v) is 3.24. The van der Waals surface area contributed by atoms with Gasteiger partial charge in [0.25, 0.3) is 0 Å². The van der Waals surface area contributed by atoms with Crippen molar-refractivity contribution in [2.24, 2.45) is 0 Å². The van der Waals surface area contributed by atoms with Crippen molar-refractivity contribution in [3.63, 3.8) is 0 Å². The lowest BCUT2D eigenvalue weighted by Crippen LogP contribution is -2.43. The van der Waals surface area contributed by atoms with Gasteiger partial charge in [-0.05, 0) is 36.0 Å². The number of ether oxygens (including phenoxy) is 2. The summed E-state index contributed by atoms with van der Waals surface area (Å²) in [6, 6.07) is 18.9. The summed E-state index contributed by atoms with van der Waals surface area (Å²) < 4.78 is 12.5. The van der Waals surface area contributed by atoms with E-state index < -0.39 is 0 Å². The van der Waals surface area contributed by atoms with Crippen molar-refractivity contribution in [1.82, 2.24) is 5.32 Å². The van der Waals surface area contributed by atoms with Gasteiger partial charge in [0.05, 0.1) is 6.61 Å². The summed E-state index contributed by atoms with van der Waals surface area (Å²) in [5, 5.41) is 3.42. The lowest BCUT2D eigenvalue weighted by molar-refractivity contribution is -0.0435. The second kappa shape index (κ2) is 6.73. The van der Waals surface area contributed by atoms with Crippen LogP contribution in [0.3, 0.4) is 0 Å².